The van der Waals surface area contributed by atoms with E-state index < -0.39 is 23.3 Å². The molecule has 2 aliphatic carbocycles. The van der Waals surface area contributed by atoms with E-state index in [2.05, 4.69) is 5.32 Å². The molecule has 19 heavy (non-hydrogen) atoms. The number of hydrogen-bond donors (Lipinski definition) is 2. The fourth-order valence-corrected chi connectivity index (χ4v) is 2.48. The molecule has 1 aromatic carbocycles. The van der Waals surface area contributed by atoms with Crippen LogP contribution in [0.25, 0.3) is 0 Å². The first kappa shape index (κ1) is 12.1. The zero-order chi connectivity index (χ0) is 13.6. The van der Waals surface area contributed by atoms with Crippen molar-refractivity contribution in [1.29, 1.82) is 0 Å². The van der Waals surface area contributed by atoms with Gasteiger partial charge in [0, 0.05) is 0 Å². The molecule has 0 bridgehead atoms. The number of carboxylic acids is 1. The summed E-state index contributed by atoms with van der Waals surface area (Å²) < 4.78 is 13.2. The predicted molar refractivity (Wildman–Crippen MR) is 64.7 cm³/mol. The summed E-state index contributed by atoms with van der Waals surface area (Å²) in [5, 5.41) is 11.7. The second-order valence-electron chi connectivity index (χ2n) is 5.37. The number of aliphatic carboxylic acids is 1. The molecule has 2 aliphatic rings. The highest BCUT2D eigenvalue weighted by Gasteiger charge is 2.53. The van der Waals surface area contributed by atoms with Crippen LogP contribution in [0, 0.1) is 17.7 Å². The number of rotatable bonds is 4. The number of nitrogens with one attached hydrogen (secondary N) is 1. The van der Waals surface area contributed by atoms with Crippen LogP contribution >= 0.6 is 0 Å². The number of halogens is 1. The Hall–Kier alpha value is -1.91. The minimum absolute atomic E-state index is 0.228. The van der Waals surface area contributed by atoms with Crippen LogP contribution in [-0.2, 0) is 15.1 Å². The highest BCUT2D eigenvalue weighted by atomic mass is 19.1. The van der Waals surface area contributed by atoms with Crippen LogP contribution in [0.2, 0.25) is 0 Å². The number of amides is 1. The van der Waals surface area contributed by atoms with Crippen LogP contribution in [0.4, 0.5) is 4.39 Å². The average molecular weight is 263 g/mol. The van der Waals surface area contributed by atoms with Gasteiger partial charge in [0.05, 0.1) is 17.4 Å². The van der Waals surface area contributed by atoms with E-state index in [-0.39, 0.29) is 11.7 Å². The smallest absolute Gasteiger partial charge is 0.307 e. The van der Waals surface area contributed by atoms with E-state index in [1.54, 1.807) is 12.1 Å². The topological polar surface area (TPSA) is 66.4 Å². The summed E-state index contributed by atoms with van der Waals surface area (Å²) in [6.45, 7) is 0. The second kappa shape index (κ2) is 4.05. The highest BCUT2D eigenvalue weighted by molar-refractivity contribution is 5.90. The molecule has 2 fully saturated rings. The summed E-state index contributed by atoms with van der Waals surface area (Å²) in [6.07, 6.45) is 1.94. The van der Waals surface area contributed by atoms with E-state index in [1.165, 1.54) is 12.1 Å². The first-order valence-corrected chi connectivity index (χ1v) is 6.33. The van der Waals surface area contributed by atoms with Crippen molar-refractivity contribution in [3.63, 3.8) is 0 Å². The van der Waals surface area contributed by atoms with Crippen molar-refractivity contribution in [3.8, 4) is 0 Å². The van der Waals surface area contributed by atoms with Crippen LogP contribution in [0.3, 0.4) is 0 Å². The van der Waals surface area contributed by atoms with Gasteiger partial charge in [-0.05, 0) is 37.0 Å². The van der Waals surface area contributed by atoms with E-state index in [0.717, 1.165) is 18.4 Å². The lowest BCUT2D eigenvalue weighted by atomic mass is 10.0. The van der Waals surface area contributed by atoms with Gasteiger partial charge in [0.25, 0.3) is 0 Å². The number of hydrogen-bond acceptors (Lipinski definition) is 2. The van der Waals surface area contributed by atoms with E-state index in [4.69, 9.17) is 5.11 Å². The molecular formula is C14H14FNO3. The van der Waals surface area contributed by atoms with E-state index >= 15 is 0 Å². The summed E-state index contributed by atoms with van der Waals surface area (Å²) in [4.78, 5) is 22.7. The average Bonchev–Trinajstić information content (AvgIpc) is 3.23. The number of benzene rings is 1. The fraction of sp³-hybridized carbons (Fsp3) is 0.429. The molecule has 2 saturated carbocycles. The Morgan fingerprint density at radius 1 is 1.32 bits per heavy atom. The molecule has 2 N–H and O–H groups in total. The van der Waals surface area contributed by atoms with Crippen molar-refractivity contribution in [2.45, 2.75) is 24.8 Å². The maximum Gasteiger partial charge on any atom is 0.307 e. The van der Waals surface area contributed by atoms with Gasteiger partial charge in [0.2, 0.25) is 5.91 Å². The Kier molecular flexibility index (Phi) is 2.59. The monoisotopic (exact) mass is 263 g/mol. The molecule has 1 amide bonds. The van der Waals surface area contributed by atoms with Gasteiger partial charge in [0.1, 0.15) is 5.82 Å². The van der Waals surface area contributed by atoms with Crippen molar-refractivity contribution in [3.05, 3.63) is 35.6 Å². The van der Waals surface area contributed by atoms with E-state index in [0.29, 0.717) is 6.42 Å². The van der Waals surface area contributed by atoms with Crippen LogP contribution in [0.5, 0.6) is 0 Å². The normalized spacial score (nSPS) is 26.6. The molecule has 3 rings (SSSR count). The Bertz CT molecular complexity index is 553. The van der Waals surface area contributed by atoms with Crippen molar-refractivity contribution >= 4 is 11.9 Å². The lowest BCUT2D eigenvalue weighted by Crippen LogP contribution is -2.36. The van der Waals surface area contributed by atoms with Crippen LogP contribution in [-0.4, -0.2) is 17.0 Å². The third-order valence-corrected chi connectivity index (χ3v) is 3.93. The largest absolute Gasteiger partial charge is 0.481 e. The summed E-state index contributed by atoms with van der Waals surface area (Å²) in [5.41, 5.74) is 0.276. The summed E-state index contributed by atoms with van der Waals surface area (Å²) in [5.74, 6) is -2.45. The molecule has 4 nitrogen and oxygen atoms in total. The molecule has 0 saturated heterocycles. The maximum atomic E-state index is 13.2. The molecule has 5 heteroatoms. The van der Waals surface area contributed by atoms with Crippen LogP contribution < -0.4 is 5.32 Å². The molecule has 1 aromatic rings. The lowest BCUT2D eigenvalue weighted by Gasteiger charge is -2.18. The van der Waals surface area contributed by atoms with Crippen LogP contribution in [0.15, 0.2) is 24.3 Å². The molecule has 0 heterocycles. The van der Waals surface area contributed by atoms with Crippen molar-refractivity contribution in [2.75, 3.05) is 0 Å². The zero-order valence-electron chi connectivity index (χ0n) is 10.2. The fourth-order valence-electron chi connectivity index (χ4n) is 2.48. The highest BCUT2D eigenvalue weighted by Crippen LogP contribution is 2.47. The third-order valence-electron chi connectivity index (χ3n) is 3.93. The first-order valence-electron chi connectivity index (χ1n) is 6.33. The molecule has 0 aromatic heterocycles. The van der Waals surface area contributed by atoms with Gasteiger partial charge < -0.3 is 10.4 Å². The second-order valence-corrected chi connectivity index (χ2v) is 5.37. The molecule has 0 spiro atoms. The van der Waals surface area contributed by atoms with Gasteiger partial charge in [-0.1, -0.05) is 12.1 Å². The maximum absolute atomic E-state index is 13.2. The Balaban J connectivity index is 1.70. The van der Waals surface area contributed by atoms with E-state index in [9.17, 15) is 14.0 Å². The Labute approximate surface area is 109 Å². The third kappa shape index (κ3) is 2.20. The zero-order valence-corrected chi connectivity index (χ0v) is 10.2. The SMILES string of the molecule is O=C(O)[C@@H]1C[C@H]1C(=O)NC1(c2cccc(F)c2)CC1. The van der Waals surface area contributed by atoms with Gasteiger partial charge in [-0.3, -0.25) is 9.59 Å². The molecule has 0 unspecified atom stereocenters. The summed E-state index contributed by atoms with van der Waals surface area (Å²) in [7, 11) is 0. The van der Waals surface area contributed by atoms with Crippen molar-refractivity contribution in [2.24, 2.45) is 11.8 Å². The van der Waals surface area contributed by atoms with Crippen molar-refractivity contribution < 1.29 is 19.1 Å². The lowest BCUT2D eigenvalue weighted by molar-refractivity contribution is -0.140. The minimum Gasteiger partial charge on any atom is -0.481 e. The van der Waals surface area contributed by atoms with Gasteiger partial charge >= 0.3 is 5.97 Å². The first-order chi connectivity index (χ1) is 9.02. The standard InChI is InChI=1S/C14H14FNO3/c15-9-3-1-2-8(6-9)14(4-5-14)16-12(17)10-7-11(10)13(18)19/h1-3,6,10-11H,4-5,7H2,(H,16,17)(H,18,19)/t10-,11-/m1/s1. The van der Waals surface area contributed by atoms with Gasteiger partial charge in [-0.25, -0.2) is 4.39 Å². The number of carbonyl (C=O) groups is 2. The Morgan fingerprint density at radius 2 is 2.05 bits per heavy atom. The van der Waals surface area contributed by atoms with Crippen molar-refractivity contribution in [1.82, 2.24) is 5.32 Å². The molecule has 0 aliphatic heterocycles. The molecule has 2 atom stereocenters. The minimum atomic E-state index is -0.921. The number of carboxylic acid groups (broad SMARTS) is 1. The van der Waals surface area contributed by atoms with Gasteiger partial charge in [0.15, 0.2) is 0 Å². The molecule has 100 valence electrons. The van der Waals surface area contributed by atoms with Gasteiger partial charge in [-0.2, -0.15) is 0 Å². The molecule has 0 radical (unpaired) electrons. The van der Waals surface area contributed by atoms with E-state index in [1.807, 2.05) is 0 Å². The quantitative estimate of drug-likeness (QED) is 0.868. The van der Waals surface area contributed by atoms with Crippen LogP contribution in [0.1, 0.15) is 24.8 Å². The number of carbonyl (C=O) groups excluding carboxylic acids is 1. The summed E-state index contributed by atoms with van der Waals surface area (Å²) in [6, 6.07) is 6.20. The molecular weight excluding hydrogens is 249 g/mol. The predicted octanol–water partition coefficient (Wildman–Crippen LogP) is 1.65. The summed E-state index contributed by atoms with van der Waals surface area (Å²) >= 11 is 0. The Morgan fingerprint density at radius 3 is 2.58 bits per heavy atom. The van der Waals surface area contributed by atoms with Gasteiger partial charge in [-0.15, -0.1) is 0 Å².